The number of aliphatic hydroxyl groups is 1. The van der Waals surface area contributed by atoms with Crippen LogP contribution in [0.1, 0.15) is 39.2 Å². The van der Waals surface area contributed by atoms with Crippen LogP contribution in [0.3, 0.4) is 0 Å². The highest BCUT2D eigenvalue weighted by molar-refractivity contribution is 7.52. The third kappa shape index (κ3) is 9.67. The lowest BCUT2D eigenvalue weighted by atomic mass is 10.0. The van der Waals surface area contributed by atoms with Crippen LogP contribution in [-0.4, -0.2) is 64.8 Å². The van der Waals surface area contributed by atoms with Crippen LogP contribution in [-0.2, 0) is 20.6 Å². The van der Waals surface area contributed by atoms with E-state index in [9.17, 15) is 23.9 Å². The molecule has 0 heterocycles. The summed E-state index contributed by atoms with van der Waals surface area (Å²) in [5.41, 5.74) is 0.783. The Morgan fingerprint density at radius 1 is 1.09 bits per heavy atom. The molecule has 0 aliphatic rings. The molecule has 0 saturated heterocycles. The highest BCUT2D eigenvalue weighted by Crippen LogP contribution is 2.41. The molecule has 0 fully saturated rings. The van der Waals surface area contributed by atoms with Gasteiger partial charge < -0.3 is 30.3 Å². The minimum absolute atomic E-state index is 0.0393. The fraction of sp³-hybridized carbons (Fsp3) is 0.619. The summed E-state index contributed by atoms with van der Waals surface area (Å²) < 4.78 is 16.9. The van der Waals surface area contributed by atoms with Gasteiger partial charge in [0.1, 0.15) is 17.6 Å². The van der Waals surface area contributed by atoms with Crippen LogP contribution in [0.15, 0.2) is 24.3 Å². The summed E-state index contributed by atoms with van der Waals surface area (Å²) in [5.74, 6) is -1.43. The van der Waals surface area contributed by atoms with E-state index in [2.05, 4.69) is 16.0 Å². The lowest BCUT2D eigenvalue weighted by Gasteiger charge is -2.28. The van der Waals surface area contributed by atoms with E-state index in [0.717, 1.165) is 5.56 Å². The number of carbonyl (C=O) groups excluding carboxylic acids is 2. The summed E-state index contributed by atoms with van der Waals surface area (Å²) in [7, 11) is -2.91. The zero-order valence-electron chi connectivity index (χ0n) is 19.1. The lowest BCUT2D eigenvalue weighted by Crippen LogP contribution is -2.55. The van der Waals surface area contributed by atoms with Crippen LogP contribution in [0.5, 0.6) is 5.75 Å². The first-order valence-electron chi connectivity index (χ1n) is 10.6. The normalized spacial score (nSPS) is 14.5. The molecular formula is C21H36N3O7P. The van der Waals surface area contributed by atoms with Gasteiger partial charge in [-0.1, -0.05) is 32.9 Å². The predicted octanol–water partition coefficient (Wildman–Crippen LogP) is 0.749. The van der Waals surface area contributed by atoms with Crippen LogP contribution < -0.4 is 20.7 Å². The van der Waals surface area contributed by atoms with Gasteiger partial charge >= 0.3 is 7.60 Å². The van der Waals surface area contributed by atoms with E-state index < -0.39 is 37.3 Å². The van der Waals surface area contributed by atoms with Gasteiger partial charge in [-0.3, -0.25) is 19.5 Å². The smallest absolute Gasteiger partial charge is 0.342 e. The van der Waals surface area contributed by atoms with E-state index in [4.69, 9.17) is 9.84 Å². The number of hydrogen-bond donors (Lipinski definition) is 6. The number of carbonyl (C=O) groups is 2. The summed E-state index contributed by atoms with van der Waals surface area (Å²) in [6.07, 6.45) is 0.658. The van der Waals surface area contributed by atoms with Gasteiger partial charge in [-0.15, -0.1) is 0 Å². The molecule has 0 aromatic heterocycles. The van der Waals surface area contributed by atoms with Crippen LogP contribution in [0.25, 0.3) is 0 Å². The first kappa shape index (κ1) is 28.1. The molecule has 10 nitrogen and oxygen atoms in total. The Labute approximate surface area is 189 Å². The summed E-state index contributed by atoms with van der Waals surface area (Å²) >= 11 is 0. The summed E-state index contributed by atoms with van der Waals surface area (Å²) in [5, 5.41) is 17.1. The summed E-state index contributed by atoms with van der Waals surface area (Å²) in [6, 6.07) is 5.22. The van der Waals surface area contributed by atoms with Crippen molar-refractivity contribution in [2.45, 2.75) is 57.9 Å². The molecule has 1 aromatic rings. The molecular weight excluding hydrogens is 437 g/mol. The number of nitrogens with one attached hydrogen (secondary N) is 3. The first-order chi connectivity index (χ1) is 15.0. The van der Waals surface area contributed by atoms with E-state index in [1.165, 1.54) is 0 Å². The van der Waals surface area contributed by atoms with Crippen LogP contribution in [0, 0.1) is 5.92 Å². The fourth-order valence-electron chi connectivity index (χ4n) is 3.19. The van der Waals surface area contributed by atoms with Crippen molar-refractivity contribution >= 4 is 19.4 Å². The van der Waals surface area contributed by atoms with E-state index in [1.54, 1.807) is 38.3 Å². The minimum Gasteiger partial charge on any atom is -0.497 e. The Morgan fingerprint density at radius 3 is 2.19 bits per heavy atom. The zero-order chi connectivity index (χ0) is 24.3. The third-order valence-electron chi connectivity index (χ3n) is 4.85. The molecule has 0 unspecified atom stereocenters. The molecule has 6 N–H and O–H groups in total. The van der Waals surface area contributed by atoms with Crippen molar-refractivity contribution in [1.29, 1.82) is 0 Å². The molecule has 0 radical (unpaired) electrons. The van der Waals surface area contributed by atoms with E-state index >= 15 is 0 Å². The number of ether oxygens (including phenoxy) is 1. The highest BCUT2D eigenvalue weighted by Gasteiger charge is 2.33. The number of aliphatic hydroxyl groups excluding tert-OH is 1. The molecule has 1 rings (SSSR count). The lowest BCUT2D eigenvalue weighted by molar-refractivity contribution is -0.130. The maximum absolute atomic E-state index is 13.1. The van der Waals surface area contributed by atoms with Crippen LogP contribution >= 0.6 is 7.60 Å². The molecule has 0 aliphatic heterocycles. The Bertz CT molecular complexity index is 767. The van der Waals surface area contributed by atoms with Gasteiger partial charge in [0.2, 0.25) is 11.8 Å². The van der Waals surface area contributed by atoms with E-state index in [0.29, 0.717) is 12.2 Å². The van der Waals surface area contributed by atoms with Gasteiger partial charge in [-0.2, -0.15) is 0 Å². The molecule has 182 valence electrons. The Balaban J connectivity index is 3.06. The second-order valence-electron chi connectivity index (χ2n) is 7.99. The summed E-state index contributed by atoms with van der Waals surface area (Å²) in [6.45, 7) is 5.20. The van der Waals surface area contributed by atoms with E-state index in [-0.39, 0.29) is 31.9 Å². The van der Waals surface area contributed by atoms with Crippen molar-refractivity contribution < 1.29 is 33.8 Å². The molecule has 11 heteroatoms. The molecule has 0 saturated carbocycles. The van der Waals surface area contributed by atoms with Crippen molar-refractivity contribution in [3.8, 4) is 5.75 Å². The van der Waals surface area contributed by atoms with E-state index in [1.807, 2.05) is 13.8 Å². The van der Waals surface area contributed by atoms with Crippen molar-refractivity contribution in [3.63, 3.8) is 0 Å². The molecule has 0 bridgehead atoms. The second-order valence-corrected chi connectivity index (χ2v) is 9.79. The summed E-state index contributed by atoms with van der Waals surface area (Å²) in [4.78, 5) is 44.8. The van der Waals surface area contributed by atoms with Crippen molar-refractivity contribution in [2.75, 3.05) is 20.3 Å². The topological polar surface area (TPSA) is 157 Å². The van der Waals surface area contributed by atoms with Crippen molar-refractivity contribution in [1.82, 2.24) is 16.0 Å². The standard InChI is InChI=1S/C21H36N3O7P/c1-5-19(32(28,29)30)23-17(12-14(2)3)21(27)24-18(20(26)22-10-11-25)13-15-6-8-16(31-4)9-7-15/h6-9,14,17-19,23,25H,5,10-13H2,1-4H3,(H,22,26)(H,24,27)(H2,28,29,30)/t17-,18-,19+/m0/s1. The van der Waals surface area contributed by atoms with Crippen molar-refractivity contribution in [2.24, 2.45) is 5.92 Å². The maximum Gasteiger partial charge on any atom is 0.342 e. The van der Waals surface area contributed by atoms with Crippen molar-refractivity contribution in [3.05, 3.63) is 29.8 Å². The van der Waals surface area contributed by atoms with Gasteiger partial charge in [-0.25, -0.2) is 0 Å². The minimum atomic E-state index is -4.45. The first-order valence-corrected chi connectivity index (χ1v) is 12.3. The second kappa shape index (κ2) is 13.5. The Kier molecular flexibility index (Phi) is 11.9. The molecule has 0 spiro atoms. The van der Waals surface area contributed by atoms with Crippen LogP contribution in [0.2, 0.25) is 0 Å². The number of methoxy groups -OCH3 is 1. The number of rotatable bonds is 14. The molecule has 1 aromatic carbocycles. The monoisotopic (exact) mass is 473 g/mol. The van der Waals surface area contributed by atoms with Gasteiger partial charge in [0.05, 0.1) is 19.8 Å². The number of benzene rings is 1. The number of amides is 2. The number of hydrogen-bond acceptors (Lipinski definition) is 6. The quantitative estimate of drug-likeness (QED) is 0.216. The van der Waals surface area contributed by atoms with Gasteiger partial charge in [0, 0.05) is 13.0 Å². The molecule has 32 heavy (non-hydrogen) atoms. The van der Waals surface area contributed by atoms with Gasteiger partial charge in [-0.05, 0) is 36.5 Å². The highest BCUT2D eigenvalue weighted by atomic mass is 31.2. The Morgan fingerprint density at radius 2 is 1.72 bits per heavy atom. The largest absolute Gasteiger partial charge is 0.497 e. The third-order valence-corrected chi connectivity index (χ3v) is 6.18. The fourth-order valence-corrected chi connectivity index (χ4v) is 4.04. The molecule has 3 atom stereocenters. The van der Waals surface area contributed by atoms with Gasteiger partial charge in [0.25, 0.3) is 0 Å². The van der Waals surface area contributed by atoms with Crippen LogP contribution in [0.4, 0.5) is 0 Å². The molecule has 0 aliphatic carbocycles. The average Bonchev–Trinajstić information content (AvgIpc) is 2.73. The predicted molar refractivity (Wildman–Crippen MR) is 121 cm³/mol. The maximum atomic E-state index is 13.1. The zero-order valence-corrected chi connectivity index (χ0v) is 20.0. The Hall–Kier alpha value is -1.97. The average molecular weight is 474 g/mol. The van der Waals surface area contributed by atoms with Gasteiger partial charge in [0.15, 0.2) is 0 Å². The SMILES string of the molecule is CC[C@H](N[C@@H](CC(C)C)C(=O)N[C@@H](Cc1ccc(OC)cc1)C(=O)NCCO)P(=O)(O)O. The molecule has 2 amide bonds.